The zero-order chi connectivity index (χ0) is 13.3. The molecule has 1 fully saturated rings. The third-order valence-corrected chi connectivity index (χ3v) is 4.57. The molecule has 0 aromatic carbocycles. The average molecular weight is 310 g/mol. The number of hydrogen-bond acceptors (Lipinski definition) is 4. The van der Waals surface area contributed by atoms with Gasteiger partial charge in [0.15, 0.2) is 6.10 Å². The van der Waals surface area contributed by atoms with Crippen LogP contribution in [0.1, 0.15) is 18.5 Å². The monoisotopic (exact) mass is 309 g/mol. The molecule has 0 radical (unpaired) electrons. The summed E-state index contributed by atoms with van der Waals surface area (Å²) < 4.78 is 6.50. The van der Waals surface area contributed by atoms with Crippen molar-refractivity contribution in [2.24, 2.45) is 0 Å². The van der Waals surface area contributed by atoms with E-state index in [0.29, 0.717) is 28.4 Å². The van der Waals surface area contributed by atoms with Crippen LogP contribution in [0, 0.1) is 0 Å². The van der Waals surface area contributed by atoms with Crippen LogP contribution in [-0.4, -0.2) is 41.8 Å². The van der Waals surface area contributed by atoms with Gasteiger partial charge in [-0.05, 0) is 13.0 Å². The summed E-state index contributed by atoms with van der Waals surface area (Å²) in [5.41, 5.74) is 0.942. The summed E-state index contributed by atoms with van der Waals surface area (Å²) in [5.74, 6) is -0.929. The number of rotatable bonds is 3. The van der Waals surface area contributed by atoms with E-state index in [2.05, 4.69) is 0 Å². The van der Waals surface area contributed by atoms with Crippen molar-refractivity contribution in [1.29, 1.82) is 0 Å². The molecular formula is C11H13Cl2NO3S. The van der Waals surface area contributed by atoms with Crippen molar-refractivity contribution in [1.82, 2.24) is 4.90 Å². The van der Waals surface area contributed by atoms with Crippen molar-refractivity contribution in [3.8, 4) is 0 Å². The first kappa shape index (κ1) is 14.1. The first-order valence-corrected chi connectivity index (χ1v) is 7.09. The summed E-state index contributed by atoms with van der Waals surface area (Å²) in [7, 11) is 0. The molecule has 2 rings (SSSR count). The average Bonchev–Trinajstić information content (AvgIpc) is 2.67. The molecule has 0 aliphatic carbocycles. The van der Waals surface area contributed by atoms with E-state index in [9.17, 15) is 4.79 Å². The Morgan fingerprint density at radius 3 is 2.94 bits per heavy atom. The van der Waals surface area contributed by atoms with E-state index in [1.54, 1.807) is 0 Å². The van der Waals surface area contributed by atoms with E-state index in [-0.39, 0.29) is 6.04 Å². The van der Waals surface area contributed by atoms with Crippen molar-refractivity contribution in [2.75, 3.05) is 19.7 Å². The van der Waals surface area contributed by atoms with Gasteiger partial charge >= 0.3 is 5.97 Å². The van der Waals surface area contributed by atoms with E-state index in [1.807, 2.05) is 17.9 Å². The molecule has 1 aliphatic rings. The van der Waals surface area contributed by atoms with Crippen LogP contribution in [0.25, 0.3) is 0 Å². The highest BCUT2D eigenvalue weighted by Gasteiger charge is 2.30. The Morgan fingerprint density at radius 1 is 1.67 bits per heavy atom. The molecule has 1 saturated heterocycles. The summed E-state index contributed by atoms with van der Waals surface area (Å²) in [6.07, 6.45) is -0.769. The topological polar surface area (TPSA) is 49.8 Å². The van der Waals surface area contributed by atoms with E-state index in [0.717, 1.165) is 5.56 Å². The fourth-order valence-corrected chi connectivity index (χ4v) is 3.64. The Labute approximate surface area is 119 Å². The van der Waals surface area contributed by atoms with Gasteiger partial charge < -0.3 is 9.84 Å². The number of hydrogen-bond donors (Lipinski definition) is 1. The fourth-order valence-electron chi connectivity index (χ4n) is 2.00. The lowest BCUT2D eigenvalue weighted by Crippen LogP contribution is -2.46. The molecule has 0 bridgehead atoms. The number of ether oxygens (including phenoxy) is 1. The number of carboxylic acid groups (broad SMARTS) is 1. The lowest BCUT2D eigenvalue weighted by Gasteiger charge is -2.35. The minimum Gasteiger partial charge on any atom is -0.479 e. The van der Waals surface area contributed by atoms with Gasteiger partial charge in [-0.2, -0.15) is 0 Å². The van der Waals surface area contributed by atoms with Crippen molar-refractivity contribution < 1.29 is 14.6 Å². The second-order valence-electron chi connectivity index (χ2n) is 4.15. The number of aliphatic carboxylic acids is 1. The third-order valence-electron chi connectivity index (χ3n) is 3.05. The molecule has 1 aromatic rings. The quantitative estimate of drug-likeness (QED) is 0.932. The smallest absolute Gasteiger partial charge is 0.334 e. The summed E-state index contributed by atoms with van der Waals surface area (Å²) in [6.45, 7) is 3.46. The highest BCUT2D eigenvalue weighted by molar-refractivity contribution is 7.20. The number of morpholine rings is 1. The minimum atomic E-state index is -0.929. The second kappa shape index (κ2) is 5.75. The van der Waals surface area contributed by atoms with Crippen LogP contribution in [0.2, 0.25) is 8.67 Å². The Kier molecular flexibility index (Phi) is 4.50. The number of carboxylic acids is 1. The van der Waals surface area contributed by atoms with Gasteiger partial charge in [0.05, 0.1) is 15.3 Å². The third kappa shape index (κ3) is 2.97. The van der Waals surface area contributed by atoms with E-state index in [1.165, 1.54) is 11.3 Å². The Morgan fingerprint density at radius 2 is 2.39 bits per heavy atom. The lowest BCUT2D eigenvalue weighted by molar-refractivity contribution is -0.157. The van der Waals surface area contributed by atoms with Crippen molar-refractivity contribution in [3.63, 3.8) is 0 Å². The van der Waals surface area contributed by atoms with Gasteiger partial charge in [-0.3, -0.25) is 4.90 Å². The Balaban J connectivity index is 2.11. The molecule has 1 aromatic heterocycles. The molecule has 1 N–H and O–H groups in total. The lowest BCUT2D eigenvalue weighted by atomic mass is 10.1. The predicted molar refractivity (Wildman–Crippen MR) is 71.7 cm³/mol. The molecule has 7 heteroatoms. The summed E-state index contributed by atoms with van der Waals surface area (Å²) in [4.78, 5) is 13.0. The predicted octanol–water partition coefficient (Wildman–Crippen LogP) is 2.90. The van der Waals surface area contributed by atoms with Gasteiger partial charge in [0, 0.05) is 24.7 Å². The molecule has 0 saturated carbocycles. The summed E-state index contributed by atoms with van der Waals surface area (Å²) >= 11 is 13.4. The van der Waals surface area contributed by atoms with Crippen LogP contribution in [0.15, 0.2) is 6.07 Å². The van der Waals surface area contributed by atoms with Gasteiger partial charge in [-0.25, -0.2) is 4.79 Å². The summed E-state index contributed by atoms with van der Waals surface area (Å²) in [5, 5.41) is 8.97. The van der Waals surface area contributed by atoms with Crippen LogP contribution in [0.5, 0.6) is 0 Å². The first-order chi connectivity index (χ1) is 8.49. The normalized spacial score (nSPS) is 22.9. The molecule has 2 atom stereocenters. The number of nitrogens with zero attached hydrogens (tertiary/aromatic N) is 1. The van der Waals surface area contributed by atoms with Crippen LogP contribution in [-0.2, 0) is 9.53 Å². The van der Waals surface area contributed by atoms with Crippen molar-refractivity contribution in [3.05, 3.63) is 20.3 Å². The van der Waals surface area contributed by atoms with Gasteiger partial charge in [0.1, 0.15) is 0 Å². The Hall–Kier alpha value is -0.330. The van der Waals surface area contributed by atoms with E-state index < -0.39 is 12.1 Å². The van der Waals surface area contributed by atoms with Crippen LogP contribution < -0.4 is 0 Å². The van der Waals surface area contributed by atoms with Crippen molar-refractivity contribution >= 4 is 40.5 Å². The summed E-state index contributed by atoms with van der Waals surface area (Å²) in [6, 6.07) is 1.87. The highest BCUT2D eigenvalue weighted by Crippen LogP contribution is 2.37. The molecule has 100 valence electrons. The Bertz CT molecular complexity index is 451. The van der Waals surface area contributed by atoms with E-state index in [4.69, 9.17) is 33.0 Å². The van der Waals surface area contributed by atoms with Crippen molar-refractivity contribution in [2.45, 2.75) is 19.1 Å². The first-order valence-electron chi connectivity index (χ1n) is 5.52. The van der Waals surface area contributed by atoms with Crippen LogP contribution in [0.4, 0.5) is 0 Å². The van der Waals surface area contributed by atoms with Gasteiger partial charge in [0.2, 0.25) is 0 Å². The van der Waals surface area contributed by atoms with E-state index >= 15 is 0 Å². The zero-order valence-corrected chi connectivity index (χ0v) is 12.1. The molecule has 0 spiro atoms. The van der Waals surface area contributed by atoms with Gasteiger partial charge in [-0.1, -0.05) is 23.2 Å². The molecule has 18 heavy (non-hydrogen) atoms. The molecule has 4 nitrogen and oxygen atoms in total. The maximum atomic E-state index is 10.9. The number of halogens is 2. The standard InChI is InChI=1S/C11H13Cl2NO3S/c1-6(7-4-9(12)18-10(7)13)14-2-3-17-8(5-14)11(15)16/h4,6,8H,2-3,5H2,1H3,(H,15,16). The molecule has 1 aliphatic heterocycles. The maximum absolute atomic E-state index is 10.9. The molecule has 0 amide bonds. The molecule has 2 heterocycles. The number of thiophene rings is 1. The molecular weight excluding hydrogens is 297 g/mol. The maximum Gasteiger partial charge on any atom is 0.334 e. The largest absolute Gasteiger partial charge is 0.479 e. The SMILES string of the molecule is CC(c1cc(Cl)sc1Cl)N1CCOC(C(=O)O)C1. The second-order valence-corrected chi connectivity index (χ2v) is 6.43. The zero-order valence-electron chi connectivity index (χ0n) is 9.73. The highest BCUT2D eigenvalue weighted by atomic mass is 35.5. The van der Waals surface area contributed by atoms with Gasteiger partial charge in [-0.15, -0.1) is 11.3 Å². The van der Waals surface area contributed by atoms with Crippen LogP contribution >= 0.6 is 34.5 Å². The van der Waals surface area contributed by atoms with Crippen LogP contribution in [0.3, 0.4) is 0 Å². The minimum absolute atomic E-state index is 0.0343. The fraction of sp³-hybridized carbons (Fsp3) is 0.545. The van der Waals surface area contributed by atoms with Gasteiger partial charge in [0.25, 0.3) is 0 Å². The molecule has 2 unspecified atom stereocenters. The number of carbonyl (C=O) groups is 1.